The summed E-state index contributed by atoms with van der Waals surface area (Å²) in [5.41, 5.74) is 8.45. The molecule has 1 nitrogen and oxygen atoms in total. The summed E-state index contributed by atoms with van der Waals surface area (Å²) in [4.78, 5) is 1.27. The number of hydrogen-bond donors (Lipinski definition) is 1. The van der Waals surface area contributed by atoms with Crippen molar-refractivity contribution >= 4 is 27.7 Å². The SMILES string of the molecule is Cc1cccc(SC(CN)c2cccc(Br)c2)c1. The zero-order valence-corrected chi connectivity index (χ0v) is 12.7. The van der Waals surface area contributed by atoms with Crippen molar-refractivity contribution in [2.75, 3.05) is 6.54 Å². The Labute approximate surface area is 121 Å². The van der Waals surface area contributed by atoms with E-state index >= 15 is 0 Å². The zero-order chi connectivity index (χ0) is 13.0. The highest BCUT2D eigenvalue weighted by Crippen LogP contribution is 2.35. The molecule has 3 heteroatoms. The number of benzene rings is 2. The topological polar surface area (TPSA) is 26.0 Å². The first kappa shape index (κ1) is 13.7. The van der Waals surface area contributed by atoms with E-state index in [2.05, 4.69) is 65.3 Å². The molecule has 0 spiro atoms. The molecular weight excluding hydrogens is 306 g/mol. The standard InChI is InChI=1S/C15H16BrNS/c1-11-4-2-7-14(8-11)18-15(10-17)12-5-3-6-13(16)9-12/h2-9,15H,10,17H2,1H3. The lowest BCUT2D eigenvalue weighted by molar-refractivity contribution is 0.940. The van der Waals surface area contributed by atoms with Gasteiger partial charge in [-0.25, -0.2) is 0 Å². The third-order valence-corrected chi connectivity index (χ3v) is 4.47. The first-order valence-electron chi connectivity index (χ1n) is 5.88. The van der Waals surface area contributed by atoms with Gasteiger partial charge in [0, 0.05) is 21.2 Å². The average molecular weight is 322 g/mol. The number of thioether (sulfide) groups is 1. The van der Waals surface area contributed by atoms with Gasteiger partial charge in [0.05, 0.1) is 0 Å². The Kier molecular flexibility index (Phi) is 4.87. The van der Waals surface area contributed by atoms with Gasteiger partial charge in [-0.05, 0) is 36.8 Å². The maximum absolute atomic E-state index is 5.90. The predicted molar refractivity (Wildman–Crippen MR) is 83.0 cm³/mol. The minimum absolute atomic E-state index is 0.296. The van der Waals surface area contributed by atoms with Gasteiger partial charge in [-0.15, -0.1) is 11.8 Å². The lowest BCUT2D eigenvalue weighted by Crippen LogP contribution is -2.09. The van der Waals surface area contributed by atoms with E-state index in [1.807, 2.05) is 17.8 Å². The smallest absolute Gasteiger partial charge is 0.0467 e. The first-order valence-corrected chi connectivity index (χ1v) is 7.55. The normalized spacial score (nSPS) is 12.4. The summed E-state index contributed by atoms with van der Waals surface area (Å²) in [6, 6.07) is 16.9. The Hall–Kier alpha value is -0.770. The molecular formula is C15H16BrNS. The Balaban J connectivity index is 2.19. The van der Waals surface area contributed by atoms with Crippen LogP contribution < -0.4 is 5.73 Å². The molecule has 2 rings (SSSR count). The minimum Gasteiger partial charge on any atom is -0.329 e. The third-order valence-electron chi connectivity index (χ3n) is 2.70. The van der Waals surface area contributed by atoms with Crippen LogP contribution in [0.3, 0.4) is 0 Å². The number of aryl methyl sites for hydroxylation is 1. The molecule has 0 aliphatic heterocycles. The lowest BCUT2D eigenvalue weighted by atomic mass is 10.1. The van der Waals surface area contributed by atoms with E-state index in [1.54, 1.807) is 0 Å². The van der Waals surface area contributed by atoms with E-state index in [4.69, 9.17) is 5.73 Å². The quantitative estimate of drug-likeness (QED) is 0.836. The summed E-state index contributed by atoms with van der Waals surface area (Å²) in [5, 5.41) is 0.296. The fourth-order valence-corrected chi connectivity index (χ4v) is 3.35. The molecule has 0 radical (unpaired) electrons. The van der Waals surface area contributed by atoms with Gasteiger partial charge in [-0.2, -0.15) is 0 Å². The summed E-state index contributed by atoms with van der Waals surface area (Å²) in [5.74, 6) is 0. The largest absolute Gasteiger partial charge is 0.329 e. The number of rotatable bonds is 4. The molecule has 0 saturated carbocycles. The molecule has 94 valence electrons. The third kappa shape index (κ3) is 3.61. The highest BCUT2D eigenvalue weighted by molar-refractivity contribution is 9.10. The van der Waals surface area contributed by atoms with Crippen molar-refractivity contribution in [2.45, 2.75) is 17.1 Å². The Bertz CT molecular complexity index is 527. The summed E-state index contributed by atoms with van der Waals surface area (Å²) in [7, 11) is 0. The molecule has 0 aromatic heterocycles. The van der Waals surface area contributed by atoms with Crippen molar-refractivity contribution in [3.63, 3.8) is 0 Å². The van der Waals surface area contributed by atoms with E-state index in [-0.39, 0.29) is 0 Å². The van der Waals surface area contributed by atoms with Crippen LogP contribution in [0.5, 0.6) is 0 Å². The van der Waals surface area contributed by atoms with Gasteiger partial charge < -0.3 is 5.73 Å². The maximum atomic E-state index is 5.90. The molecule has 0 heterocycles. The molecule has 0 saturated heterocycles. The van der Waals surface area contributed by atoms with Crippen molar-refractivity contribution in [1.29, 1.82) is 0 Å². The molecule has 2 aromatic rings. The van der Waals surface area contributed by atoms with Crippen LogP contribution in [-0.4, -0.2) is 6.54 Å². The van der Waals surface area contributed by atoms with E-state index in [0.717, 1.165) is 4.47 Å². The number of halogens is 1. The van der Waals surface area contributed by atoms with Gasteiger partial charge >= 0.3 is 0 Å². The van der Waals surface area contributed by atoms with E-state index < -0.39 is 0 Å². The molecule has 2 aromatic carbocycles. The fraction of sp³-hybridized carbons (Fsp3) is 0.200. The fourth-order valence-electron chi connectivity index (χ4n) is 1.81. The molecule has 2 N–H and O–H groups in total. The van der Waals surface area contributed by atoms with Crippen molar-refractivity contribution in [3.05, 3.63) is 64.1 Å². The lowest BCUT2D eigenvalue weighted by Gasteiger charge is -2.15. The Morgan fingerprint density at radius 2 is 1.94 bits per heavy atom. The Morgan fingerprint density at radius 3 is 2.61 bits per heavy atom. The molecule has 1 atom stereocenters. The molecule has 0 aliphatic carbocycles. The van der Waals surface area contributed by atoms with Crippen LogP contribution in [0.25, 0.3) is 0 Å². The van der Waals surface area contributed by atoms with Gasteiger partial charge in [-0.1, -0.05) is 45.8 Å². The van der Waals surface area contributed by atoms with Gasteiger partial charge in [0.2, 0.25) is 0 Å². The van der Waals surface area contributed by atoms with Crippen molar-refractivity contribution < 1.29 is 0 Å². The van der Waals surface area contributed by atoms with Gasteiger partial charge in [-0.3, -0.25) is 0 Å². The first-order chi connectivity index (χ1) is 8.69. The van der Waals surface area contributed by atoms with E-state index in [9.17, 15) is 0 Å². The van der Waals surface area contributed by atoms with Crippen molar-refractivity contribution in [3.8, 4) is 0 Å². The molecule has 0 amide bonds. The predicted octanol–water partition coefficient (Wildman–Crippen LogP) is 4.55. The van der Waals surface area contributed by atoms with Crippen molar-refractivity contribution in [2.24, 2.45) is 5.73 Å². The van der Waals surface area contributed by atoms with Crippen LogP contribution in [0.15, 0.2) is 57.9 Å². The summed E-state index contributed by atoms with van der Waals surface area (Å²) >= 11 is 5.33. The average Bonchev–Trinajstić information content (AvgIpc) is 2.36. The van der Waals surface area contributed by atoms with Crippen LogP contribution in [0.2, 0.25) is 0 Å². The minimum atomic E-state index is 0.296. The summed E-state index contributed by atoms with van der Waals surface area (Å²) < 4.78 is 1.10. The molecule has 0 bridgehead atoms. The maximum Gasteiger partial charge on any atom is 0.0467 e. The van der Waals surface area contributed by atoms with Gasteiger partial charge in [0.1, 0.15) is 0 Å². The molecule has 1 unspecified atom stereocenters. The zero-order valence-electron chi connectivity index (χ0n) is 10.3. The van der Waals surface area contributed by atoms with Crippen LogP contribution >= 0.6 is 27.7 Å². The van der Waals surface area contributed by atoms with Crippen LogP contribution in [0, 0.1) is 6.92 Å². The molecule has 0 fully saturated rings. The molecule has 0 aliphatic rings. The van der Waals surface area contributed by atoms with E-state index in [0.29, 0.717) is 11.8 Å². The number of nitrogens with two attached hydrogens (primary N) is 1. The Morgan fingerprint density at radius 1 is 1.17 bits per heavy atom. The summed E-state index contributed by atoms with van der Waals surface area (Å²) in [6.45, 7) is 2.75. The van der Waals surface area contributed by atoms with Crippen molar-refractivity contribution in [1.82, 2.24) is 0 Å². The second-order valence-corrected chi connectivity index (χ2v) is 6.41. The number of hydrogen-bond acceptors (Lipinski definition) is 2. The second kappa shape index (κ2) is 6.41. The van der Waals surface area contributed by atoms with E-state index in [1.165, 1.54) is 16.0 Å². The highest BCUT2D eigenvalue weighted by atomic mass is 79.9. The highest BCUT2D eigenvalue weighted by Gasteiger charge is 2.11. The van der Waals surface area contributed by atoms with Gasteiger partial charge in [0.15, 0.2) is 0 Å². The van der Waals surface area contributed by atoms with Crippen LogP contribution in [-0.2, 0) is 0 Å². The second-order valence-electron chi connectivity index (χ2n) is 4.21. The van der Waals surface area contributed by atoms with Crippen LogP contribution in [0.1, 0.15) is 16.4 Å². The van der Waals surface area contributed by atoms with Gasteiger partial charge in [0.25, 0.3) is 0 Å². The molecule has 18 heavy (non-hydrogen) atoms. The summed E-state index contributed by atoms with van der Waals surface area (Å²) in [6.07, 6.45) is 0. The van der Waals surface area contributed by atoms with Crippen LogP contribution in [0.4, 0.5) is 0 Å². The monoisotopic (exact) mass is 321 g/mol.